The smallest absolute Gasteiger partial charge is 0.267 e. The van der Waals surface area contributed by atoms with E-state index in [1.807, 2.05) is 43.3 Å². The molecule has 0 spiro atoms. The molecule has 1 amide bonds. The predicted molar refractivity (Wildman–Crippen MR) is 117 cm³/mol. The van der Waals surface area contributed by atoms with E-state index >= 15 is 0 Å². The van der Waals surface area contributed by atoms with Crippen molar-refractivity contribution in [2.75, 3.05) is 5.43 Å². The van der Waals surface area contributed by atoms with Crippen LogP contribution in [0.3, 0.4) is 0 Å². The number of pyridine rings is 1. The van der Waals surface area contributed by atoms with Crippen LogP contribution in [0.25, 0.3) is 27.8 Å². The lowest BCUT2D eigenvalue weighted by Gasteiger charge is -2.09. The summed E-state index contributed by atoms with van der Waals surface area (Å²) in [5.74, 6) is -0.394. The van der Waals surface area contributed by atoms with Crippen molar-refractivity contribution in [2.24, 2.45) is 0 Å². The van der Waals surface area contributed by atoms with Gasteiger partial charge in [-0.2, -0.15) is 5.10 Å². The summed E-state index contributed by atoms with van der Waals surface area (Å²) < 4.78 is 2.76. The summed E-state index contributed by atoms with van der Waals surface area (Å²) in [5, 5.41) is 13.2. The summed E-state index contributed by atoms with van der Waals surface area (Å²) in [7, 11) is 0. The van der Waals surface area contributed by atoms with Crippen LogP contribution in [0.1, 0.15) is 23.0 Å². The minimum absolute atomic E-state index is 0.119. The average Bonchev–Trinajstić information content (AvgIpc) is 3.21. The summed E-state index contributed by atoms with van der Waals surface area (Å²) in [6, 6.07) is 20.2. The number of fused-ring (bicyclic) bond motifs is 3. The molecular formula is C23H18N6O2. The van der Waals surface area contributed by atoms with Crippen LogP contribution in [0.2, 0.25) is 0 Å². The van der Waals surface area contributed by atoms with Crippen molar-refractivity contribution in [2.45, 2.75) is 13.3 Å². The van der Waals surface area contributed by atoms with Crippen LogP contribution in [0, 0.1) is 0 Å². The molecule has 8 nitrogen and oxygen atoms in total. The quantitative estimate of drug-likeness (QED) is 0.491. The van der Waals surface area contributed by atoms with Crippen LogP contribution in [0.5, 0.6) is 0 Å². The Kier molecular flexibility index (Phi) is 4.51. The van der Waals surface area contributed by atoms with Gasteiger partial charge >= 0.3 is 0 Å². The Labute approximate surface area is 176 Å². The lowest BCUT2D eigenvalue weighted by molar-refractivity contribution is 0.101. The highest BCUT2D eigenvalue weighted by Crippen LogP contribution is 2.28. The molecular weight excluding hydrogens is 392 g/mol. The Balaban J connectivity index is 1.64. The van der Waals surface area contributed by atoms with Gasteiger partial charge in [0, 0.05) is 11.8 Å². The molecule has 0 aliphatic rings. The van der Waals surface area contributed by atoms with Crippen LogP contribution in [0.4, 0.5) is 0 Å². The SMILES string of the molecule is CCc1nn2c(nnc3c(=O)n(NC(=O)c4ccccc4)ccc32)c1-c1ccccc1. The fourth-order valence-electron chi connectivity index (χ4n) is 3.59. The molecule has 0 saturated heterocycles. The highest BCUT2D eigenvalue weighted by Gasteiger charge is 2.19. The zero-order valence-electron chi connectivity index (χ0n) is 16.7. The number of benzene rings is 2. The average molecular weight is 410 g/mol. The molecule has 1 N–H and O–H groups in total. The van der Waals surface area contributed by atoms with Crippen molar-refractivity contribution in [3.8, 4) is 11.1 Å². The molecule has 0 fully saturated rings. The first-order valence-corrected chi connectivity index (χ1v) is 9.89. The Bertz CT molecular complexity index is 1470. The Morgan fingerprint density at radius 1 is 0.968 bits per heavy atom. The van der Waals surface area contributed by atoms with Crippen molar-refractivity contribution in [1.29, 1.82) is 0 Å². The van der Waals surface area contributed by atoms with Gasteiger partial charge in [-0.25, -0.2) is 9.19 Å². The second-order valence-electron chi connectivity index (χ2n) is 7.01. The number of hydrogen-bond donors (Lipinski definition) is 1. The normalized spacial score (nSPS) is 11.1. The highest BCUT2D eigenvalue weighted by atomic mass is 16.2. The minimum Gasteiger partial charge on any atom is -0.267 e. The Morgan fingerprint density at radius 3 is 2.39 bits per heavy atom. The molecule has 152 valence electrons. The molecule has 5 rings (SSSR count). The summed E-state index contributed by atoms with van der Waals surface area (Å²) in [6.45, 7) is 2.02. The summed E-state index contributed by atoms with van der Waals surface area (Å²) >= 11 is 0. The Morgan fingerprint density at radius 2 is 1.68 bits per heavy atom. The van der Waals surface area contributed by atoms with Gasteiger partial charge in [0.05, 0.1) is 11.3 Å². The molecule has 0 saturated carbocycles. The van der Waals surface area contributed by atoms with Gasteiger partial charge in [-0.1, -0.05) is 55.5 Å². The number of aromatic nitrogens is 5. The van der Waals surface area contributed by atoms with E-state index in [9.17, 15) is 9.59 Å². The molecule has 0 atom stereocenters. The van der Waals surface area contributed by atoms with Crippen molar-refractivity contribution in [1.82, 2.24) is 24.5 Å². The van der Waals surface area contributed by atoms with E-state index < -0.39 is 11.5 Å². The minimum atomic E-state index is -0.481. The number of nitrogens with one attached hydrogen (secondary N) is 1. The molecule has 0 radical (unpaired) electrons. The first kappa shape index (κ1) is 18.7. The van der Waals surface area contributed by atoms with Crippen molar-refractivity contribution in [3.63, 3.8) is 0 Å². The number of aryl methyl sites for hydroxylation is 1. The molecule has 2 aromatic carbocycles. The second kappa shape index (κ2) is 7.49. The van der Waals surface area contributed by atoms with Gasteiger partial charge in [-0.15, -0.1) is 10.2 Å². The third kappa shape index (κ3) is 3.14. The van der Waals surface area contributed by atoms with Gasteiger partial charge in [-0.05, 0) is 30.2 Å². The van der Waals surface area contributed by atoms with Gasteiger partial charge in [0.15, 0.2) is 11.2 Å². The molecule has 0 unspecified atom stereocenters. The van der Waals surface area contributed by atoms with Crippen molar-refractivity contribution < 1.29 is 4.79 Å². The number of nitrogens with zero attached hydrogens (tertiary/aromatic N) is 5. The van der Waals surface area contributed by atoms with Crippen LogP contribution in [-0.4, -0.2) is 30.4 Å². The number of carbonyl (C=O) groups excluding carboxylic acids is 1. The van der Waals surface area contributed by atoms with Gasteiger partial charge in [0.1, 0.15) is 5.52 Å². The second-order valence-corrected chi connectivity index (χ2v) is 7.01. The maximum absolute atomic E-state index is 13.0. The number of amides is 1. The van der Waals surface area contributed by atoms with E-state index in [2.05, 4.69) is 15.6 Å². The van der Waals surface area contributed by atoms with Gasteiger partial charge in [0.25, 0.3) is 11.5 Å². The van der Waals surface area contributed by atoms with Crippen molar-refractivity contribution in [3.05, 3.63) is 94.5 Å². The topological polar surface area (TPSA) is 94.2 Å². The third-order valence-corrected chi connectivity index (χ3v) is 5.11. The summed E-state index contributed by atoms with van der Waals surface area (Å²) in [6.07, 6.45) is 2.21. The molecule has 5 aromatic rings. The van der Waals surface area contributed by atoms with E-state index in [-0.39, 0.29) is 5.52 Å². The molecule has 8 heteroatoms. The first-order valence-electron chi connectivity index (χ1n) is 9.89. The fourth-order valence-corrected chi connectivity index (χ4v) is 3.59. The molecule has 0 aliphatic heterocycles. The maximum Gasteiger partial charge on any atom is 0.299 e. The summed E-state index contributed by atoms with van der Waals surface area (Å²) in [5.41, 5.74) is 6.55. The first-order chi connectivity index (χ1) is 15.2. The van der Waals surface area contributed by atoms with Crippen LogP contribution < -0.4 is 11.0 Å². The van der Waals surface area contributed by atoms with E-state index in [0.29, 0.717) is 23.1 Å². The maximum atomic E-state index is 13.0. The molecule has 31 heavy (non-hydrogen) atoms. The van der Waals surface area contributed by atoms with Gasteiger partial charge in [-0.3, -0.25) is 15.0 Å². The van der Waals surface area contributed by atoms with E-state index in [1.54, 1.807) is 34.8 Å². The Hall–Kier alpha value is -4.33. The zero-order valence-corrected chi connectivity index (χ0v) is 16.7. The standard InChI is InChI=1S/C23H18N6O2/c1-2-17-19(15-9-5-3-6-10-15)21-25-24-20-18(29(21)26-17)13-14-28(23(20)31)27-22(30)16-11-7-4-8-12-16/h3-14H,2H2,1H3,(H,27,30). The summed E-state index contributed by atoms with van der Waals surface area (Å²) in [4.78, 5) is 25.4. The number of hydrogen-bond acceptors (Lipinski definition) is 5. The fraction of sp³-hybridized carbons (Fsp3) is 0.0870. The lowest BCUT2D eigenvalue weighted by atomic mass is 10.0. The number of carbonyl (C=O) groups is 1. The predicted octanol–water partition coefficient (Wildman–Crippen LogP) is 3.05. The monoisotopic (exact) mass is 410 g/mol. The molecule has 0 bridgehead atoms. The highest BCUT2D eigenvalue weighted by molar-refractivity contribution is 6.00. The number of rotatable bonds is 4. The van der Waals surface area contributed by atoms with Crippen LogP contribution in [-0.2, 0) is 6.42 Å². The van der Waals surface area contributed by atoms with Crippen LogP contribution >= 0.6 is 0 Å². The largest absolute Gasteiger partial charge is 0.299 e. The lowest BCUT2D eigenvalue weighted by Crippen LogP contribution is -2.33. The zero-order chi connectivity index (χ0) is 21.4. The van der Waals surface area contributed by atoms with E-state index in [1.165, 1.54) is 6.20 Å². The molecule has 3 heterocycles. The van der Waals surface area contributed by atoms with Crippen molar-refractivity contribution >= 4 is 22.6 Å². The van der Waals surface area contributed by atoms with Gasteiger partial charge in [0.2, 0.25) is 0 Å². The van der Waals surface area contributed by atoms with E-state index in [0.717, 1.165) is 21.5 Å². The molecule has 3 aromatic heterocycles. The van der Waals surface area contributed by atoms with Gasteiger partial charge < -0.3 is 0 Å². The van der Waals surface area contributed by atoms with Crippen LogP contribution in [0.15, 0.2) is 77.7 Å². The third-order valence-electron chi connectivity index (χ3n) is 5.11. The van der Waals surface area contributed by atoms with E-state index in [4.69, 9.17) is 5.10 Å². The molecule has 0 aliphatic carbocycles.